The lowest BCUT2D eigenvalue weighted by Gasteiger charge is -2.23. The third-order valence-corrected chi connectivity index (χ3v) is 6.81. The summed E-state index contributed by atoms with van der Waals surface area (Å²) in [6, 6.07) is 4.55. The average molecular weight is 330 g/mol. The fraction of sp³-hybridized carbons (Fsp3) is 0.600. The van der Waals surface area contributed by atoms with Gasteiger partial charge in [-0.25, -0.2) is 8.42 Å². The summed E-state index contributed by atoms with van der Waals surface area (Å²) in [4.78, 5) is 0.111. The summed E-state index contributed by atoms with van der Waals surface area (Å²) in [7, 11) is -3.48. The SMILES string of the molecule is Nc1ccc(Cl)c(S(=O)(=O)CC2CCC3(CCCC3)O2)c1. The molecule has 0 radical (unpaired) electrons. The van der Waals surface area contributed by atoms with E-state index in [0.717, 1.165) is 25.7 Å². The summed E-state index contributed by atoms with van der Waals surface area (Å²) >= 11 is 6.01. The Kier molecular flexibility index (Phi) is 3.93. The highest BCUT2D eigenvalue weighted by molar-refractivity contribution is 7.91. The summed E-state index contributed by atoms with van der Waals surface area (Å²) in [6.07, 6.45) is 6.02. The number of benzene rings is 1. The summed E-state index contributed by atoms with van der Waals surface area (Å²) in [5.41, 5.74) is 6.02. The van der Waals surface area contributed by atoms with Crippen LogP contribution in [-0.2, 0) is 14.6 Å². The van der Waals surface area contributed by atoms with Gasteiger partial charge in [0.1, 0.15) is 0 Å². The van der Waals surface area contributed by atoms with Gasteiger partial charge in [-0.15, -0.1) is 0 Å². The molecule has 1 atom stereocenters. The van der Waals surface area contributed by atoms with Crippen molar-refractivity contribution in [3.63, 3.8) is 0 Å². The second-order valence-electron chi connectivity index (χ2n) is 6.14. The summed E-state index contributed by atoms with van der Waals surface area (Å²) in [5, 5.41) is 0.220. The molecular weight excluding hydrogens is 310 g/mol. The second kappa shape index (κ2) is 5.45. The molecule has 1 aliphatic heterocycles. The van der Waals surface area contributed by atoms with Crippen LogP contribution in [0.25, 0.3) is 0 Å². The van der Waals surface area contributed by atoms with Gasteiger partial charge in [0.05, 0.1) is 27.4 Å². The number of halogens is 1. The molecule has 1 aromatic rings. The molecule has 1 saturated heterocycles. The number of hydrogen-bond acceptors (Lipinski definition) is 4. The van der Waals surface area contributed by atoms with Crippen molar-refractivity contribution in [3.8, 4) is 0 Å². The van der Waals surface area contributed by atoms with E-state index in [-0.39, 0.29) is 27.4 Å². The lowest BCUT2D eigenvalue weighted by molar-refractivity contribution is -0.0273. The molecule has 0 amide bonds. The first-order valence-electron chi connectivity index (χ1n) is 7.36. The van der Waals surface area contributed by atoms with Crippen LogP contribution in [0.3, 0.4) is 0 Å². The Bertz CT molecular complexity index is 638. The van der Waals surface area contributed by atoms with Gasteiger partial charge in [0.2, 0.25) is 0 Å². The summed E-state index contributed by atoms with van der Waals surface area (Å²) < 4.78 is 31.2. The molecule has 3 rings (SSSR count). The Morgan fingerprint density at radius 3 is 2.71 bits per heavy atom. The van der Waals surface area contributed by atoms with Crippen LogP contribution >= 0.6 is 11.6 Å². The predicted molar refractivity (Wildman–Crippen MR) is 83.2 cm³/mol. The molecular formula is C15H20ClNO3S. The molecule has 4 nitrogen and oxygen atoms in total. The van der Waals surface area contributed by atoms with Gasteiger partial charge in [0, 0.05) is 5.69 Å². The van der Waals surface area contributed by atoms with Gasteiger partial charge in [-0.05, 0) is 43.9 Å². The minimum atomic E-state index is -3.48. The Morgan fingerprint density at radius 2 is 2.00 bits per heavy atom. The van der Waals surface area contributed by atoms with Crippen LogP contribution in [0.1, 0.15) is 38.5 Å². The largest absolute Gasteiger partial charge is 0.399 e. The van der Waals surface area contributed by atoms with Crippen molar-refractivity contribution in [1.82, 2.24) is 0 Å². The zero-order chi connectivity index (χ0) is 15.1. The number of sulfone groups is 1. The normalized spacial score (nSPS) is 24.7. The summed E-state index contributed by atoms with van der Waals surface area (Å²) in [6.45, 7) is 0. The number of rotatable bonds is 3. The van der Waals surface area contributed by atoms with Crippen LogP contribution in [-0.4, -0.2) is 25.9 Å². The number of hydrogen-bond donors (Lipinski definition) is 1. The van der Waals surface area contributed by atoms with E-state index >= 15 is 0 Å². The Morgan fingerprint density at radius 1 is 1.29 bits per heavy atom. The predicted octanol–water partition coefficient (Wildman–Crippen LogP) is 3.19. The van der Waals surface area contributed by atoms with Gasteiger partial charge >= 0.3 is 0 Å². The summed E-state index contributed by atoms with van der Waals surface area (Å²) in [5.74, 6) is -0.0159. The molecule has 2 aliphatic rings. The lowest BCUT2D eigenvalue weighted by atomic mass is 9.98. The molecule has 116 valence electrons. The zero-order valence-corrected chi connectivity index (χ0v) is 13.4. The van der Waals surface area contributed by atoms with Crippen molar-refractivity contribution in [1.29, 1.82) is 0 Å². The molecule has 1 spiro atoms. The second-order valence-corrected chi connectivity index (χ2v) is 8.55. The van der Waals surface area contributed by atoms with Crippen LogP contribution in [0, 0.1) is 0 Å². The molecule has 2 fully saturated rings. The van der Waals surface area contributed by atoms with Crippen molar-refractivity contribution in [2.75, 3.05) is 11.5 Å². The van der Waals surface area contributed by atoms with E-state index in [0.29, 0.717) is 5.69 Å². The minimum absolute atomic E-state index is 0.0159. The van der Waals surface area contributed by atoms with Crippen molar-refractivity contribution in [2.45, 2.75) is 55.1 Å². The van der Waals surface area contributed by atoms with E-state index in [4.69, 9.17) is 22.1 Å². The maximum atomic E-state index is 12.5. The van der Waals surface area contributed by atoms with Gasteiger partial charge in [-0.2, -0.15) is 0 Å². The molecule has 0 aromatic heterocycles. The highest BCUT2D eigenvalue weighted by atomic mass is 35.5. The van der Waals surface area contributed by atoms with E-state index < -0.39 is 9.84 Å². The van der Waals surface area contributed by atoms with Gasteiger partial charge in [-0.3, -0.25) is 0 Å². The zero-order valence-electron chi connectivity index (χ0n) is 11.8. The molecule has 1 aromatic carbocycles. The van der Waals surface area contributed by atoms with Crippen molar-refractivity contribution < 1.29 is 13.2 Å². The van der Waals surface area contributed by atoms with Crippen LogP contribution in [0.4, 0.5) is 5.69 Å². The van der Waals surface area contributed by atoms with E-state index in [1.165, 1.54) is 25.0 Å². The van der Waals surface area contributed by atoms with Gasteiger partial charge in [0.15, 0.2) is 9.84 Å². The molecule has 0 bridgehead atoms. The van der Waals surface area contributed by atoms with Crippen LogP contribution in [0.15, 0.2) is 23.1 Å². The maximum Gasteiger partial charge on any atom is 0.182 e. The van der Waals surface area contributed by atoms with Crippen molar-refractivity contribution >= 4 is 27.1 Å². The standard InChI is InChI=1S/C15H20ClNO3S/c16-13-4-3-11(17)9-14(13)21(18,19)10-12-5-8-15(20-12)6-1-2-7-15/h3-4,9,12H,1-2,5-8,10,17H2. The molecule has 1 unspecified atom stereocenters. The van der Waals surface area contributed by atoms with Crippen LogP contribution < -0.4 is 5.73 Å². The number of anilines is 1. The van der Waals surface area contributed by atoms with Gasteiger partial charge in [0.25, 0.3) is 0 Å². The minimum Gasteiger partial charge on any atom is -0.399 e. The monoisotopic (exact) mass is 329 g/mol. The van der Waals surface area contributed by atoms with Crippen LogP contribution in [0.2, 0.25) is 5.02 Å². The first-order chi connectivity index (χ1) is 9.90. The molecule has 2 N–H and O–H groups in total. The first-order valence-corrected chi connectivity index (χ1v) is 9.39. The van der Waals surface area contributed by atoms with Crippen molar-refractivity contribution in [3.05, 3.63) is 23.2 Å². The quantitative estimate of drug-likeness (QED) is 0.865. The van der Waals surface area contributed by atoms with Gasteiger partial charge in [-0.1, -0.05) is 24.4 Å². The lowest BCUT2D eigenvalue weighted by Crippen LogP contribution is -2.28. The first kappa shape index (κ1) is 15.1. The highest BCUT2D eigenvalue weighted by Crippen LogP contribution is 2.43. The fourth-order valence-corrected chi connectivity index (χ4v) is 5.55. The number of nitrogens with two attached hydrogens (primary N) is 1. The fourth-order valence-electron chi connectivity index (χ4n) is 3.49. The third-order valence-electron chi connectivity index (χ3n) is 4.55. The highest BCUT2D eigenvalue weighted by Gasteiger charge is 2.43. The molecule has 1 heterocycles. The van der Waals surface area contributed by atoms with E-state index in [9.17, 15) is 8.42 Å². The molecule has 21 heavy (non-hydrogen) atoms. The van der Waals surface area contributed by atoms with Crippen LogP contribution in [0.5, 0.6) is 0 Å². The molecule has 1 aliphatic carbocycles. The number of nitrogen functional groups attached to an aromatic ring is 1. The van der Waals surface area contributed by atoms with E-state index in [1.54, 1.807) is 6.07 Å². The van der Waals surface area contributed by atoms with Gasteiger partial charge < -0.3 is 10.5 Å². The number of ether oxygens (including phenoxy) is 1. The topological polar surface area (TPSA) is 69.4 Å². The Hall–Kier alpha value is -0.780. The van der Waals surface area contributed by atoms with Crippen molar-refractivity contribution in [2.24, 2.45) is 0 Å². The molecule has 6 heteroatoms. The Balaban J connectivity index is 1.76. The van der Waals surface area contributed by atoms with E-state index in [2.05, 4.69) is 0 Å². The Labute approximate surface area is 130 Å². The smallest absolute Gasteiger partial charge is 0.182 e. The van der Waals surface area contributed by atoms with E-state index in [1.807, 2.05) is 0 Å². The maximum absolute atomic E-state index is 12.5. The molecule has 1 saturated carbocycles. The third kappa shape index (κ3) is 3.05. The average Bonchev–Trinajstić information content (AvgIpc) is 3.03.